The van der Waals surface area contributed by atoms with Gasteiger partial charge in [-0.25, -0.2) is 4.39 Å². The van der Waals surface area contributed by atoms with Crippen molar-refractivity contribution in [2.45, 2.75) is 12.5 Å². The van der Waals surface area contributed by atoms with Gasteiger partial charge in [0, 0.05) is 32.2 Å². The van der Waals surface area contributed by atoms with Crippen LogP contribution in [0.2, 0.25) is 0 Å². The molecule has 4 nitrogen and oxygen atoms in total. The first-order valence-corrected chi connectivity index (χ1v) is 7.11. The lowest BCUT2D eigenvalue weighted by molar-refractivity contribution is 0.207. The average Bonchev–Trinajstić information content (AvgIpc) is 2.65. The summed E-state index contributed by atoms with van der Waals surface area (Å²) < 4.78 is 18.8. The minimum Gasteiger partial charge on any atom is -0.494 e. The topological polar surface area (TPSA) is 41.7 Å². The molecule has 1 aliphatic heterocycles. The summed E-state index contributed by atoms with van der Waals surface area (Å²) in [5.74, 6) is -0.0458. The van der Waals surface area contributed by atoms with Gasteiger partial charge in [0.1, 0.15) is 0 Å². The molecule has 0 bridgehead atoms. The van der Waals surface area contributed by atoms with Gasteiger partial charge in [-0.3, -0.25) is 4.90 Å². The first kappa shape index (κ1) is 15.2. The molecule has 1 saturated heterocycles. The van der Waals surface area contributed by atoms with Gasteiger partial charge in [-0.1, -0.05) is 6.07 Å². The van der Waals surface area contributed by atoms with E-state index in [0.29, 0.717) is 6.54 Å². The highest BCUT2D eigenvalue weighted by Crippen LogP contribution is 2.25. The molecule has 1 atom stereocenters. The number of methoxy groups -OCH3 is 1. The van der Waals surface area contributed by atoms with E-state index in [1.165, 1.54) is 7.11 Å². The predicted molar refractivity (Wildman–Crippen MR) is 78.4 cm³/mol. The van der Waals surface area contributed by atoms with Gasteiger partial charge in [0.15, 0.2) is 11.6 Å². The summed E-state index contributed by atoms with van der Waals surface area (Å²) in [5.41, 5.74) is 6.86. The van der Waals surface area contributed by atoms with Crippen LogP contribution < -0.4 is 10.5 Å². The Hall–Kier alpha value is -1.17. The molecule has 112 valence electrons. The summed E-state index contributed by atoms with van der Waals surface area (Å²) in [6, 6.07) is 5.21. The molecule has 0 amide bonds. The third-order valence-electron chi connectivity index (χ3n) is 3.98. The van der Waals surface area contributed by atoms with Gasteiger partial charge in [-0.05, 0) is 37.7 Å². The fraction of sp³-hybridized carbons (Fsp3) is 0.600. The van der Waals surface area contributed by atoms with Gasteiger partial charge >= 0.3 is 0 Å². The Kier molecular flexibility index (Phi) is 5.34. The fourth-order valence-corrected chi connectivity index (χ4v) is 2.76. The number of hydrogen-bond acceptors (Lipinski definition) is 4. The zero-order chi connectivity index (χ0) is 14.5. The van der Waals surface area contributed by atoms with Crippen molar-refractivity contribution in [1.29, 1.82) is 0 Å². The lowest BCUT2D eigenvalue weighted by Crippen LogP contribution is -2.36. The predicted octanol–water partition coefficient (Wildman–Crippen LogP) is 1.47. The minimum absolute atomic E-state index is 0.0712. The van der Waals surface area contributed by atoms with Crippen LogP contribution in [0.15, 0.2) is 18.2 Å². The molecule has 5 heteroatoms. The second-order valence-corrected chi connectivity index (χ2v) is 5.34. The van der Waals surface area contributed by atoms with Crippen LogP contribution in [0.25, 0.3) is 0 Å². The van der Waals surface area contributed by atoms with E-state index in [9.17, 15) is 4.39 Å². The number of nitrogens with two attached hydrogens (primary N) is 1. The Bertz CT molecular complexity index is 441. The summed E-state index contributed by atoms with van der Waals surface area (Å²) in [6.07, 6.45) is 1.12. The lowest BCUT2D eigenvalue weighted by Gasteiger charge is -2.30. The summed E-state index contributed by atoms with van der Waals surface area (Å²) in [7, 11) is 3.61. The molecule has 1 aromatic rings. The van der Waals surface area contributed by atoms with E-state index in [0.717, 1.165) is 38.2 Å². The maximum atomic E-state index is 13.9. The molecule has 0 spiro atoms. The molecule has 1 unspecified atom stereocenters. The minimum atomic E-state index is -0.324. The second-order valence-electron chi connectivity index (χ2n) is 5.34. The maximum Gasteiger partial charge on any atom is 0.165 e. The Morgan fingerprint density at radius 2 is 2.10 bits per heavy atom. The molecule has 20 heavy (non-hydrogen) atoms. The van der Waals surface area contributed by atoms with Gasteiger partial charge in [0.2, 0.25) is 0 Å². The van der Waals surface area contributed by atoms with Gasteiger partial charge < -0.3 is 15.4 Å². The van der Waals surface area contributed by atoms with Crippen molar-refractivity contribution < 1.29 is 9.13 Å². The first-order valence-electron chi connectivity index (χ1n) is 7.11. The van der Waals surface area contributed by atoms with E-state index in [1.807, 2.05) is 6.07 Å². The molecule has 1 aliphatic rings. The lowest BCUT2D eigenvalue weighted by atomic mass is 10.0. The molecule has 0 aliphatic carbocycles. The van der Waals surface area contributed by atoms with Crippen LogP contribution in [0.1, 0.15) is 18.0 Å². The Balaban J connectivity index is 2.16. The molecule has 2 N–H and O–H groups in total. The van der Waals surface area contributed by atoms with Crippen molar-refractivity contribution >= 4 is 0 Å². The molecule has 2 rings (SSSR count). The Morgan fingerprint density at radius 3 is 2.75 bits per heavy atom. The number of halogens is 1. The average molecular weight is 281 g/mol. The van der Waals surface area contributed by atoms with Crippen LogP contribution in [0, 0.1) is 5.82 Å². The van der Waals surface area contributed by atoms with E-state index in [4.69, 9.17) is 10.5 Å². The van der Waals surface area contributed by atoms with E-state index >= 15 is 0 Å². The van der Waals surface area contributed by atoms with Crippen molar-refractivity contribution in [2.75, 3.05) is 46.9 Å². The highest BCUT2D eigenvalue weighted by atomic mass is 19.1. The van der Waals surface area contributed by atoms with E-state index in [1.54, 1.807) is 12.1 Å². The summed E-state index contributed by atoms with van der Waals surface area (Å²) in [4.78, 5) is 4.67. The van der Waals surface area contributed by atoms with E-state index in [2.05, 4.69) is 16.8 Å². The van der Waals surface area contributed by atoms with Gasteiger partial charge in [-0.2, -0.15) is 0 Å². The SMILES string of the molecule is COc1ccc(C(CN)N2CCCN(C)CC2)cc1F. The van der Waals surface area contributed by atoms with E-state index in [-0.39, 0.29) is 17.6 Å². The highest BCUT2D eigenvalue weighted by molar-refractivity contribution is 5.31. The van der Waals surface area contributed by atoms with Crippen molar-refractivity contribution in [3.05, 3.63) is 29.6 Å². The third kappa shape index (κ3) is 3.48. The molecular formula is C15H24FN3O. The number of ether oxygens (including phenoxy) is 1. The summed E-state index contributed by atoms with van der Waals surface area (Å²) in [5, 5.41) is 0. The maximum absolute atomic E-state index is 13.9. The molecule has 0 saturated carbocycles. The number of likely N-dealkylation sites (N-methyl/N-ethyl adjacent to an activating group) is 1. The van der Waals surface area contributed by atoms with Crippen molar-refractivity contribution in [3.63, 3.8) is 0 Å². The zero-order valence-electron chi connectivity index (χ0n) is 12.3. The number of hydrogen-bond donors (Lipinski definition) is 1. The van der Waals surface area contributed by atoms with Crippen LogP contribution in [-0.2, 0) is 0 Å². The molecule has 0 radical (unpaired) electrons. The van der Waals surface area contributed by atoms with Crippen molar-refractivity contribution in [1.82, 2.24) is 9.80 Å². The molecule has 1 aromatic carbocycles. The highest BCUT2D eigenvalue weighted by Gasteiger charge is 2.22. The Labute approximate surface area is 120 Å². The van der Waals surface area contributed by atoms with Crippen LogP contribution in [0.5, 0.6) is 5.75 Å². The standard InChI is InChI=1S/C15H24FN3O/c1-18-6-3-7-19(9-8-18)14(11-17)12-4-5-15(20-2)13(16)10-12/h4-5,10,14H,3,6-9,11,17H2,1-2H3. The molecule has 1 heterocycles. The van der Waals surface area contributed by atoms with Gasteiger partial charge in [-0.15, -0.1) is 0 Å². The quantitative estimate of drug-likeness (QED) is 0.907. The molecular weight excluding hydrogens is 257 g/mol. The summed E-state index contributed by atoms with van der Waals surface area (Å²) in [6.45, 7) is 4.58. The molecule has 1 fully saturated rings. The van der Waals surface area contributed by atoms with Crippen LogP contribution in [0.3, 0.4) is 0 Å². The number of benzene rings is 1. The number of nitrogens with zero attached hydrogens (tertiary/aromatic N) is 2. The summed E-state index contributed by atoms with van der Waals surface area (Å²) >= 11 is 0. The van der Waals surface area contributed by atoms with Crippen LogP contribution >= 0.6 is 0 Å². The van der Waals surface area contributed by atoms with Crippen LogP contribution in [-0.4, -0.2) is 56.7 Å². The van der Waals surface area contributed by atoms with Gasteiger partial charge in [0.25, 0.3) is 0 Å². The third-order valence-corrected chi connectivity index (χ3v) is 3.98. The van der Waals surface area contributed by atoms with Crippen molar-refractivity contribution in [3.8, 4) is 5.75 Å². The molecule has 0 aromatic heterocycles. The zero-order valence-corrected chi connectivity index (χ0v) is 12.3. The van der Waals surface area contributed by atoms with Crippen molar-refractivity contribution in [2.24, 2.45) is 5.73 Å². The van der Waals surface area contributed by atoms with Crippen LogP contribution in [0.4, 0.5) is 4.39 Å². The van der Waals surface area contributed by atoms with Gasteiger partial charge in [0.05, 0.1) is 7.11 Å². The Morgan fingerprint density at radius 1 is 1.30 bits per heavy atom. The normalized spacial score (nSPS) is 19.6. The van der Waals surface area contributed by atoms with E-state index < -0.39 is 0 Å². The number of rotatable bonds is 4. The second kappa shape index (κ2) is 7.02. The monoisotopic (exact) mass is 281 g/mol. The first-order chi connectivity index (χ1) is 9.65. The largest absolute Gasteiger partial charge is 0.494 e. The fourth-order valence-electron chi connectivity index (χ4n) is 2.76. The smallest absolute Gasteiger partial charge is 0.165 e.